The highest BCUT2D eigenvalue weighted by Crippen LogP contribution is 2.26. The summed E-state index contributed by atoms with van der Waals surface area (Å²) in [6.07, 6.45) is 0.861. The molecule has 0 fully saturated rings. The minimum absolute atomic E-state index is 0.0706. The van der Waals surface area contributed by atoms with Gasteiger partial charge in [-0.05, 0) is 30.4 Å². The third-order valence-corrected chi connectivity index (χ3v) is 5.12. The molecule has 1 aromatic carbocycles. The Balaban J connectivity index is 1.64. The number of nitrogens with zero attached hydrogens (tertiary/aromatic N) is 4. The maximum absolute atomic E-state index is 12.8. The third kappa shape index (κ3) is 2.73. The van der Waals surface area contributed by atoms with Gasteiger partial charge in [0.1, 0.15) is 5.82 Å². The van der Waals surface area contributed by atoms with Crippen molar-refractivity contribution in [3.05, 3.63) is 69.9 Å². The van der Waals surface area contributed by atoms with Crippen molar-refractivity contribution in [1.82, 2.24) is 19.7 Å². The van der Waals surface area contributed by atoms with Gasteiger partial charge in [0.2, 0.25) is 0 Å². The van der Waals surface area contributed by atoms with Crippen molar-refractivity contribution in [2.45, 2.75) is 25.9 Å². The molecule has 1 amide bonds. The average Bonchev–Trinajstić information content (AvgIpc) is 3.25. The normalized spacial score (nSPS) is 16.9. The van der Waals surface area contributed by atoms with Crippen LogP contribution in [-0.4, -0.2) is 32.1 Å². The molecule has 1 atom stereocenters. The van der Waals surface area contributed by atoms with E-state index in [1.165, 1.54) is 5.56 Å². The van der Waals surface area contributed by atoms with Gasteiger partial charge in [-0.3, -0.25) is 4.79 Å². The minimum atomic E-state index is 0.0706. The summed E-state index contributed by atoms with van der Waals surface area (Å²) in [6, 6.07) is 12.4. The van der Waals surface area contributed by atoms with Gasteiger partial charge in [-0.25, -0.2) is 0 Å². The number of hydrogen-bond donors (Lipinski definition) is 0. The lowest BCUT2D eigenvalue weighted by molar-refractivity contribution is 0.0672. The van der Waals surface area contributed by atoms with Gasteiger partial charge in [-0.2, -0.15) is 11.3 Å². The van der Waals surface area contributed by atoms with Crippen LogP contribution in [0.4, 0.5) is 0 Å². The first-order valence-electron chi connectivity index (χ1n) is 7.98. The molecule has 0 bridgehead atoms. The van der Waals surface area contributed by atoms with E-state index in [1.807, 2.05) is 46.8 Å². The Kier molecular flexibility index (Phi) is 3.90. The van der Waals surface area contributed by atoms with E-state index < -0.39 is 0 Å². The Morgan fingerprint density at radius 2 is 2.08 bits per heavy atom. The summed E-state index contributed by atoms with van der Waals surface area (Å²) < 4.78 is 2.18. The van der Waals surface area contributed by atoms with Crippen LogP contribution in [0.2, 0.25) is 0 Å². The molecule has 0 N–H and O–H groups in total. The second-order valence-corrected chi connectivity index (χ2v) is 6.85. The average molecular weight is 338 g/mol. The molecular formula is C18H18N4OS. The van der Waals surface area contributed by atoms with Crippen molar-refractivity contribution < 1.29 is 4.79 Å². The van der Waals surface area contributed by atoms with E-state index in [-0.39, 0.29) is 11.9 Å². The molecule has 6 heteroatoms. The summed E-state index contributed by atoms with van der Waals surface area (Å²) in [5.74, 6) is 1.85. The molecule has 24 heavy (non-hydrogen) atoms. The summed E-state index contributed by atoms with van der Waals surface area (Å²) in [7, 11) is 0. The Hall–Kier alpha value is -2.47. The lowest BCUT2D eigenvalue weighted by atomic mass is 10.0. The molecule has 0 saturated heterocycles. The molecule has 3 heterocycles. The molecule has 0 radical (unpaired) electrons. The van der Waals surface area contributed by atoms with Crippen molar-refractivity contribution in [3.8, 4) is 0 Å². The van der Waals surface area contributed by atoms with E-state index in [9.17, 15) is 4.79 Å². The zero-order valence-corrected chi connectivity index (χ0v) is 14.2. The number of rotatable bonds is 3. The van der Waals surface area contributed by atoms with Gasteiger partial charge in [-0.1, -0.05) is 30.3 Å². The van der Waals surface area contributed by atoms with Crippen LogP contribution >= 0.6 is 11.3 Å². The van der Waals surface area contributed by atoms with Crippen molar-refractivity contribution in [2.24, 2.45) is 0 Å². The van der Waals surface area contributed by atoms with Crippen LogP contribution in [0, 0.1) is 6.92 Å². The van der Waals surface area contributed by atoms with E-state index in [0.29, 0.717) is 13.1 Å². The molecule has 1 aliphatic heterocycles. The maximum Gasteiger partial charge on any atom is 0.255 e. The predicted octanol–water partition coefficient (Wildman–Crippen LogP) is 3.09. The fourth-order valence-corrected chi connectivity index (χ4v) is 3.96. The summed E-state index contributed by atoms with van der Waals surface area (Å²) in [6.45, 7) is 3.17. The Labute approximate surface area is 144 Å². The number of benzene rings is 1. The van der Waals surface area contributed by atoms with E-state index in [2.05, 4.69) is 26.9 Å². The molecule has 5 nitrogen and oxygen atoms in total. The Morgan fingerprint density at radius 3 is 2.83 bits per heavy atom. The van der Waals surface area contributed by atoms with Gasteiger partial charge < -0.3 is 9.47 Å². The highest BCUT2D eigenvalue weighted by molar-refractivity contribution is 7.08. The summed E-state index contributed by atoms with van der Waals surface area (Å²) in [5, 5.41) is 12.3. The number of hydrogen-bond acceptors (Lipinski definition) is 4. The number of thiophene rings is 1. The zero-order valence-electron chi connectivity index (χ0n) is 13.4. The number of amides is 1. The first-order valence-corrected chi connectivity index (χ1v) is 8.92. The van der Waals surface area contributed by atoms with Crippen LogP contribution in [-0.2, 0) is 13.0 Å². The summed E-state index contributed by atoms with van der Waals surface area (Å²) in [5.41, 5.74) is 2.01. The van der Waals surface area contributed by atoms with Crippen molar-refractivity contribution in [1.29, 1.82) is 0 Å². The highest BCUT2D eigenvalue weighted by Gasteiger charge is 2.31. The zero-order chi connectivity index (χ0) is 16.5. The molecule has 0 spiro atoms. The van der Waals surface area contributed by atoms with Crippen LogP contribution in [0.25, 0.3) is 0 Å². The fraction of sp³-hybridized carbons (Fsp3) is 0.278. The monoisotopic (exact) mass is 338 g/mol. The van der Waals surface area contributed by atoms with Gasteiger partial charge in [0.15, 0.2) is 5.82 Å². The van der Waals surface area contributed by atoms with E-state index >= 15 is 0 Å². The maximum atomic E-state index is 12.8. The molecule has 0 aliphatic carbocycles. The number of carbonyl (C=O) groups is 1. The molecule has 4 rings (SSSR count). The topological polar surface area (TPSA) is 51.0 Å². The number of aryl methyl sites for hydroxylation is 1. The molecular weight excluding hydrogens is 320 g/mol. The lowest BCUT2D eigenvalue weighted by Crippen LogP contribution is -2.42. The van der Waals surface area contributed by atoms with Gasteiger partial charge in [0.05, 0.1) is 18.2 Å². The van der Waals surface area contributed by atoms with Gasteiger partial charge in [-0.15, -0.1) is 10.2 Å². The number of carbonyl (C=O) groups excluding carboxylic acids is 1. The first kappa shape index (κ1) is 15.1. The van der Waals surface area contributed by atoms with Crippen molar-refractivity contribution >= 4 is 17.2 Å². The standard InChI is InChI=1S/C18H18N4OS/c1-13-19-20-17-11-21(18(23)15-7-8-24-12-15)10-16(22(13)17)9-14-5-3-2-4-6-14/h2-8,12,16H,9-11H2,1H3/t16-/m1/s1. The summed E-state index contributed by atoms with van der Waals surface area (Å²) >= 11 is 1.54. The van der Waals surface area contributed by atoms with Crippen molar-refractivity contribution in [2.75, 3.05) is 6.54 Å². The Morgan fingerprint density at radius 1 is 1.25 bits per heavy atom. The molecule has 122 valence electrons. The first-order chi connectivity index (χ1) is 11.7. The van der Waals surface area contributed by atoms with Crippen molar-refractivity contribution in [3.63, 3.8) is 0 Å². The summed E-state index contributed by atoms with van der Waals surface area (Å²) in [4.78, 5) is 14.6. The van der Waals surface area contributed by atoms with Gasteiger partial charge >= 0.3 is 0 Å². The smallest absolute Gasteiger partial charge is 0.255 e. The largest absolute Gasteiger partial charge is 0.329 e. The number of aromatic nitrogens is 3. The fourth-order valence-electron chi connectivity index (χ4n) is 3.33. The molecule has 0 saturated carbocycles. The van der Waals surface area contributed by atoms with Gasteiger partial charge in [0, 0.05) is 11.9 Å². The molecule has 0 unspecified atom stereocenters. The second-order valence-electron chi connectivity index (χ2n) is 6.07. The van der Waals surface area contributed by atoms with Crippen LogP contribution in [0.5, 0.6) is 0 Å². The second kappa shape index (κ2) is 6.20. The molecule has 1 aliphatic rings. The van der Waals surface area contributed by atoms with Crippen LogP contribution < -0.4 is 0 Å². The van der Waals surface area contributed by atoms with E-state index in [4.69, 9.17) is 0 Å². The van der Waals surface area contributed by atoms with E-state index in [1.54, 1.807) is 11.3 Å². The van der Waals surface area contributed by atoms with E-state index in [0.717, 1.165) is 23.6 Å². The van der Waals surface area contributed by atoms with Crippen LogP contribution in [0.1, 0.15) is 33.6 Å². The quantitative estimate of drug-likeness (QED) is 0.737. The number of fused-ring (bicyclic) bond motifs is 1. The van der Waals surface area contributed by atoms with Gasteiger partial charge in [0.25, 0.3) is 5.91 Å². The molecule has 3 aromatic rings. The van der Waals surface area contributed by atoms with Crippen LogP contribution in [0.15, 0.2) is 47.2 Å². The minimum Gasteiger partial charge on any atom is -0.329 e. The predicted molar refractivity (Wildman–Crippen MR) is 93.0 cm³/mol. The SMILES string of the molecule is Cc1nnc2n1[C@H](Cc1ccccc1)CN(C(=O)c1ccsc1)C2. The molecule has 2 aromatic heterocycles. The lowest BCUT2D eigenvalue weighted by Gasteiger charge is -2.34. The Bertz CT molecular complexity index is 841. The third-order valence-electron chi connectivity index (χ3n) is 4.43. The van der Waals surface area contributed by atoms with Crippen LogP contribution in [0.3, 0.4) is 0 Å². The highest BCUT2D eigenvalue weighted by atomic mass is 32.1.